The van der Waals surface area contributed by atoms with Gasteiger partial charge < -0.3 is 14.6 Å². The summed E-state index contributed by atoms with van der Waals surface area (Å²) in [6.45, 7) is 0.728. The number of hydrogen-bond acceptors (Lipinski definition) is 4. The number of phenolic OH excluding ortho intramolecular Hbond substituents is 1. The Morgan fingerprint density at radius 2 is 1.43 bits per heavy atom. The molecule has 2 heterocycles. The van der Waals surface area contributed by atoms with Gasteiger partial charge in [0.1, 0.15) is 24.8 Å². The lowest BCUT2D eigenvalue weighted by molar-refractivity contribution is -0.118. The summed E-state index contributed by atoms with van der Waals surface area (Å²) in [5, 5.41) is 10.9. The first-order valence-corrected chi connectivity index (χ1v) is 11.5. The van der Waals surface area contributed by atoms with Gasteiger partial charge in [0, 0.05) is 17.2 Å². The number of benzene rings is 4. The summed E-state index contributed by atoms with van der Waals surface area (Å²) in [6, 6.07) is 26.6. The Kier molecular flexibility index (Phi) is 5.14. The number of rotatable bonds is 4. The number of phenols is 1. The van der Waals surface area contributed by atoms with E-state index in [9.17, 15) is 9.90 Å². The van der Waals surface area contributed by atoms with Gasteiger partial charge in [0.05, 0.1) is 17.6 Å². The van der Waals surface area contributed by atoms with Gasteiger partial charge in [0.15, 0.2) is 11.5 Å². The Balaban J connectivity index is 1.55. The van der Waals surface area contributed by atoms with Crippen molar-refractivity contribution in [1.29, 1.82) is 0 Å². The molecule has 2 aliphatic rings. The molecule has 4 aromatic rings. The maximum atomic E-state index is 15.4. The van der Waals surface area contributed by atoms with Crippen molar-refractivity contribution < 1.29 is 23.8 Å². The molecule has 1 amide bonds. The minimum Gasteiger partial charge on any atom is -0.507 e. The van der Waals surface area contributed by atoms with E-state index in [-0.39, 0.29) is 22.8 Å². The Labute approximate surface area is 202 Å². The normalized spacial score (nSPS) is 16.5. The molecule has 0 spiro atoms. The fourth-order valence-corrected chi connectivity index (χ4v) is 5.04. The fraction of sp³-hybridized carbons (Fsp3) is 0.138. The summed E-state index contributed by atoms with van der Waals surface area (Å²) >= 11 is 0. The molecule has 6 heteroatoms. The highest BCUT2D eigenvalue weighted by atomic mass is 19.1. The zero-order chi connectivity index (χ0) is 23.9. The smallest absolute Gasteiger partial charge is 0.240 e. The third-order valence-corrected chi connectivity index (χ3v) is 6.55. The van der Waals surface area contributed by atoms with Crippen LogP contribution < -0.4 is 14.4 Å². The molecule has 0 radical (unpaired) electrons. The summed E-state index contributed by atoms with van der Waals surface area (Å²) in [7, 11) is 0. The zero-order valence-corrected chi connectivity index (χ0v) is 18.7. The Hall–Kier alpha value is -4.32. The van der Waals surface area contributed by atoms with Crippen molar-refractivity contribution in [2.45, 2.75) is 12.0 Å². The van der Waals surface area contributed by atoms with Crippen molar-refractivity contribution in [2.75, 3.05) is 18.1 Å². The van der Waals surface area contributed by atoms with Crippen molar-refractivity contribution in [3.8, 4) is 17.2 Å². The summed E-state index contributed by atoms with van der Waals surface area (Å²) in [6.07, 6.45) is 0. The molecule has 1 unspecified atom stereocenters. The molecule has 1 N–H and O–H groups in total. The molecule has 174 valence electrons. The van der Waals surface area contributed by atoms with Gasteiger partial charge in [-0.15, -0.1) is 0 Å². The van der Waals surface area contributed by atoms with Crippen LogP contribution in [0.25, 0.3) is 0 Å². The Morgan fingerprint density at radius 3 is 2.06 bits per heavy atom. The number of anilines is 1. The first-order valence-electron chi connectivity index (χ1n) is 11.5. The summed E-state index contributed by atoms with van der Waals surface area (Å²) in [4.78, 5) is 15.8. The van der Waals surface area contributed by atoms with Crippen molar-refractivity contribution in [3.63, 3.8) is 0 Å². The van der Waals surface area contributed by atoms with Gasteiger partial charge in [0.2, 0.25) is 5.91 Å². The number of halogens is 1. The molecule has 2 aliphatic heterocycles. The number of hydrogen-bond donors (Lipinski definition) is 1. The molecule has 0 saturated heterocycles. The monoisotopic (exact) mass is 467 g/mol. The summed E-state index contributed by atoms with van der Waals surface area (Å²) in [5.74, 6) is -1.17. The van der Waals surface area contributed by atoms with Crippen LogP contribution in [0.2, 0.25) is 0 Å². The van der Waals surface area contributed by atoms with Crippen LogP contribution in [0.4, 0.5) is 10.1 Å². The number of aromatic hydroxyl groups is 1. The maximum absolute atomic E-state index is 15.4. The van der Waals surface area contributed by atoms with Crippen LogP contribution in [-0.4, -0.2) is 24.2 Å². The van der Waals surface area contributed by atoms with E-state index in [0.717, 1.165) is 11.1 Å². The average molecular weight is 467 g/mol. The van der Waals surface area contributed by atoms with Crippen LogP contribution in [0.1, 0.15) is 34.2 Å². The fourth-order valence-electron chi connectivity index (χ4n) is 5.04. The lowest BCUT2D eigenvalue weighted by atomic mass is 9.91. The molecule has 0 fully saturated rings. The third kappa shape index (κ3) is 3.49. The first-order chi connectivity index (χ1) is 17.1. The third-order valence-electron chi connectivity index (χ3n) is 6.55. The number of amides is 1. The standard InChI is InChI=1S/C29H22FNO4/c30-21-12-7-13-22-27(21)26(20-16-24-25(17-23(20)32)35-15-14-34-24)29(33)31(22)28(18-8-3-1-4-9-18)19-10-5-2-6-11-19/h1-13,16-17,26,28,32H,14-15H2. The maximum Gasteiger partial charge on any atom is 0.240 e. The predicted molar refractivity (Wildman–Crippen MR) is 130 cm³/mol. The lowest BCUT2D eigenvalue weighted by Gasteiger charge is -2.30. The number of ether oxygens (including phenoxy) is 2. The average Bonchev–Trinajstić information content (AvgIpc) is 3.18. The lowest BCUT2D eigenvalue weighted by Crippen LogP contribution is -2.34. The van der Waals surface area contributed by atoms with Crippen LogP contribution in [0.3, 0.4) is 0 Å². The van der Waals surface area contributed by atoms with Gasteiger partial charge in [-0.25, -0.2) is 4.39 Å². The molecule has 0 bridgehead atoms. The van der Waals surface area contributed by atoms with Crippen molar-refractivity contribution in [3.05, 3.63) is 119 Å². The van der Waals surface area contributed by atoms with E-state index in [2.05, 4.69) is 0 Å². The molecule has 0 aromatic heterocycles. The van der Waals surface area contributed by atoms with E-state index in [0.29, 0.717) is 30.4 Å². The molecule has 1 atom stereocenters. The van der Waals surface area contributed by atoms with Crippen molar-refractivity contribution >= 4 is 11.6 Å². The molecule has 4 aromatic carbocycles. The number of carbonyl (C=O) groups excluding carboxylic acids is 1. The number of carbonyl (C=O) groups is 1. The number of fused-ring (bicyclic) bond motifs is 2. The van der Waals surface area contributed by atoms with E-state index in [1.165, 1.54) is 12.1 Å². The highest BCUT2D eigenvalue weighted by molar-refractivity contribution is 6.08. The summed E-state index contributed by atoms with van der Waals surface area (Å²) < 4.78 is 26.6. The van der Waals surface area contributed by atoms with E-state index in [1.807, 2.05) is 60.7 Å². The minimum atomic E-state index is -1.03. The first kappa shape index (κ1) is 21.2. The highest BCUT2D eigenvalue weighted by Gasteiger charge is 2.45. The highest BCUT2D eigenvalue weighted by Crippen LogP contribution is 2.51. The van der Waals surface area contributed by atoms with E-state index in [1.54, 1.807) is 23.1 Å². The van der Waals surface area contributed by atoms with E-state index < -0.39 is 17.8 Å². The molecular weight excluding hydrogens is 445 g/mol. The van der Waals surface area contributed by atoms with E-state index in [4.69, 9.17) is 9.47 Å². The van der Waals surface area contributed by atoms with Gasteiger partial charge in [-0.05, 0) is 29.3 Å². The van der Waals surface area contributed by atoms with Gasteiger partial charge in [-0.3, -0.25) is 9.69 Å². The van der Waals surface area contributed by atoms with Gasteiger partial charge >= 0.3 is 0 Å². The zero-order valence-electron chi connectivity index (χ0n) is 18.7. The predicted octanol–water partition coefficient (Wildman–Crippen LogP) is 5.57. The van der Waals surface area contributed by atoms with Crippen molar-refractivity contribution in [1.82, 2.24) is 0 Å². The molecule has 35 heavy (non-hydrogen) atoms. The van der Waals surface area contributed by atoms with E-state index >= 15 is 4.39 Å². The quantitative estimate of drug-likeness (QED) is 0.426. The number of nitrogens with zero attached hydrogens (tertiary/aromatic N) is 1. The molecule has 0 saturated carbocycles. The van der Waals surface area contributed by atoms with Crippen molar-refractivity contribution in [2.24, 2.45) is 0 Å². The van der Waals surface area contributed by atoms with Gasteiger partial charge in [0.25, 0.3) is 0 Å². The Bertz CT molecular complexity index is 1370. The molecule has 6 rings (SSSR count). The summed E-state index contributed by atoms with van der Waals surface area (Å²) in [5.41, 5.74) is 2.80. The second-order valence-corrected chi connectivity index (χ2v) is 8.59. The van der Waals surface area contributed by atoms with Crippen LogP contribution in [-0.2, 0) is 4.79 Å². The second-order valence-electron chi connectivity index (χ2n) is 8.59. The minimum absolute atomic E-state index is 0.139. The van der Waals surface area contributed by atoms with Crippen LogP contribution in [0.15, 0.2) is 91.0 Å². The molecular formula is C29H22FNO4. The van der Waals surface area contributed by atoms with Gasteiger partial charge in [-0.1, -0.05) is 66.7 Å². The van der Waals surface area contributed by atoms with Gasteiger partial charge in [-0.2, -0.15) is 0 Å². The van der Waals surface area contributed by atoms with Crippen LogP contribution >= 0.6 is 0 Å². The van der Waals surface area contributed by atoms with Crippen LogP contribution in [0, 0.1) is 5.82 Å². The molecule has 0 aliphatic carbocycles. The largest absolute Gasteiger partial charge is 0.507 e. The second kappa shape index (κ2) is 8.47. The SMILES string of the molecule is O=C1C(c2cc3c(cc2O)OCCO3)c2c(F)cccc2N1C(c1ccccc1)c1ccccc1. The van der Waals surface area contributed by atoms with Crippen LogP contribution in [0.5, 0.6) is 17.2 Å². The Morgan fingerprint density at radius 1 is 0.829 bits per heavy atom. The topological polar surface area (TPSA) is 59.0 Å². The molecule has 5 nitrogen and oxygen atoms in total.